The van der Waals surface area contributed by atoms with Crippen LogP contribution in [0, 0.1) is 0 Å². The van der Waals surface area contributed by atoms with Crippen LogP contribution in [0.2, 0.25) is 0 Å². The molecule has 0 aliphatic carbocycles. The number of guanidine groups is 1. The fraction of sp³-hybridized carbons (Fsp3) is 0.308. The van der Waals surface area contributed by atoms with E-state index >= 15 is 0 Å². The fourth-order valence-electron chi connectivity index (χ4n) is 3.81. The summed E-state index contributed by atoms with van der Waals surface area (Å²) in [6, 6.07) is 15.5. The number of fused-ring (bicyclic) bond motifs is 1. The highest BCUT2D eigenvalue weighted by Gasteiger charge is 2.23. The predicted octanol–water partition coefficient (Wildman–Crippen LogP) is 3.27. The summed E-state index contributed by atoms with van der Waals surface area (Å²) in [7, 11) is 0. The number of aryl methyl sites for hydroxylation is 1. The van der Waals surface area contributed by atoms with Crippen molar-refractivity contribution in [3.05, 3.63) is 71.5 Å². The lowest BCUT2D eigenvalue weighted by molar-refractivity contribution is -0.137. The number of nitrogens with one attached hydrogen (secondary N) is 3. The first-order valence-corrected chi connectivity index (χ1v) is 11.8. The largest absolute Gasteiger partial charge is 0.481 e. The van der Waals surface area contributed by atoms with Crippen LogP contribution in [0.4, 0.5) is 4.79 Å². The summed E-state index contributed by atoms with van der Waals surface area (Å²) in [5.74, 6) is -0.399. The Labute approximate surface area is 207 Å². The summed E-state index contributed by atoms with van der Waals surface area (Å²) in [5.41, 5.74) is 2.29. The van der Waals surface area contributed by atoms with E-state index in [1.54, 1.807) is 12.1 Å². The molecule has 0 radical (unpaired) electrons. The quantitative estimate of drug-likeness (QED) is 0.359. The first-order chi connectivity index (χ1) is 17.5. The Kier molecular flexibility index (Phi) is 8.17. The molecule has 2 aromatic carbocycles. The highest BCUT2D eigenvalue weighted by Crippen LogP contribution is 2.27. The van der Waals surface area contributed by atoms with Gasteiger partial charge in [0.1, 0.15) is 24.0 Å². The maximum atomic E-state index is 12.3. The van der Waals surface area contributed by atoms with Crippen LogP contribution in [0.3, 0.4) is 0 Å². The van der Waals surface area contributed by atoms with Crippen LogP contribution in [0.1, 0.15) is 42.2 Å². The van der Waals surface area contributed by atoms with Crippen LogP contribution < -0.4 is 16.0 Å². The van der Waals surface area contributed by atoms with Crippen molar-refractivity contribution in [3.8, 4) is 0 Å². The summed E-state index contributed by atoms with van der Waals surface area (Å²) < 4.78 is 11.1. The Morgan fingerprint density at radius 1 is 1.11 bits per heavy atom. The van der Waals surface area contributed by atoms with Crippen molar-refractivity contribution in [2.24, 2.45) is 4.99 Å². The van der Waals surface area contributed by atoms with Gasteiger partial charge in [0.2, 0.25) is 5.91 Å². The molecule has 1 unspecified atom stereocenters. The van der Waals surface area contributed by atoms with Crippen molar-refractivity contribution in [2.75, 3.05) is 13.1 Å². The first kappa shape index (κ1) is 24.8. The zero-order valence-electron chi connectivity index (χ0n) is 19.7. The van der Waals surface area contributed by atoms with Gasteiger partial charge in [0, 0.05) is 24.9 Å². The molecule has 0 spiro atoms. The molecular weight excluding hydrogens is 464 g/mol. The highest BCUT2D eigenvalue weighted by molar-refractivity contribution is 5.97. The number of ether oxygens (including phenoxy) is 1. The third-order valence-corrected chi connectivity index (χ3v) is 5.62. The van der Waals surface area contributed by atoms with E-state index in [9.17, 15) is 19.5 Å². The Hall–Kier alpha value is -4.34. The second-order valence-corrected chi connectivity index (χ2v) is 8.44. The molecule has 0 fully saturated rings. The lowest BCUT2D eigenvalue weighted by atomic mass is 10.1. The number of alkyl carbamates (subject to hydrolysis) is 1. The second kappa shape index (κ2) is 11.9. The number of aliphatic carboxylic acids is 1. The Bertz CT molecular complexity index is 1250. The normalized spacial score (nSPS) is 13.8. The molecule has 0 saturated carbocycles. The van der Waals surface area contributed by atoms with Crippen LogP contribution in [-0.2, 0) is 27.4 Å². The summed E-state index contributed by atoms with van der Waals surface area (Å²) in [5, 5.41) is 18.5. The van der Waals surface area contributed by atoms with E-state index in [1.807, 2.05) is 42.5 Å². The van der Waals surface area contributed by atoms with Gasteiger partial charge in [0.25, 0.3) is 0 Å². The van der Waals surface area contributed by atoms with Gasteiger partial charge in [-0.2, -0.15) is 0 Å². The average Bonchev–Trinajstić information content (AvgIpc) is 3.30. The number of aliphatic imine (C=N–C) groups is 1. The molecule has 10 nitrogen and oxygen atoms in total. The van der Waals surface area contributed by atoms with E-state index < -0.39 is 18.1 Å². The second-order valence-electron chi connectivity index (χ2n) is 8.44. The smallest absolute Gasteiger partial charge is 0.408 e. The number of hydrogen-bond donors (Lipinski definition) is 4. The van der Waals surface area contributed by atoms with Crippen LogP contribution in [0.25, 0.3) is 11.0 Å². The summed E-state index contributed by atoms with van der Waals surface area (Å²) in [6.07, 6.45) is 0.634. The van der Waals surface area contributed by atoms with Crippen molar-refractivity contribution in [3.63, 3.8) is 0 Å². The van der Waals surface area contributed by atoms with Gasteiger partial charge in [-0.05, 0) is 42.2 Å². The minimum absolute atomic E-state index is 0.0624. The molecule has 4 rings (SSSR count). The number of hydrogen-bond acceptors (Lipinski definition) is 7. The Morgan fingerprint density at radius 3 is 2.69 bits per heavy atom. The predicted molar refractivity (Wildman–Crippen MR) is 132 cm³/mol. The van der Waals surface area contributed by atoms with Crippen molar-refractivity contribution in [2.45, 2.75) is 38.3 Å². The molecule has 2 amide bonds. The average molecular weight is 493 g/mol. The number of carbonyl (C=O) groups is 3. The molecule has 1 atom stereocenters. The van der Waals surface area contributed by atoms with Gasteiger partial charge in [-0.25, -0.2) is 4.79 Å². The van der Waals surface area contributed by atoms with Gasteiger partial charge in [-0.3, -0.25) is 19.9 Å². The van der Waals surface area contributed by atoms with Gasteiger partial charge in [0.15, 0.2) is 5.96 Å². The monoisotopic (exact) mass is 492 g/mol. The van der Waals surface area contributed by atoms with Crippen LogP contribution in [0.5, 0.6) is 0 Å². The van der Waals surface area contributed by atoms with Gasteiger partial charge in [0.05, 0.1) is 6.42 Å². The van der Waals surface area contributed by atoms with Gasteiger partial charge < -0.3 is 24.9 Å². The molecule has 3 aromatic rings. The van der Waals surface area contributed by atoms with Gasteiger partial charge >= 0.3 is 12.1 Å². The number of carboxylic acid groups (broad SMARTS) is 1. The lowest BCUT2D eigenvalue weighted by Gasteiger charge is -2.14. The molecule has 1 aliphatic heterocycles. The Morgan fingerprint density at radius 2 is 1.94 bits per heavy atom. The zero-order chi connectivity index (χ0) is 25.3. The number of furan rings is 1. The molecule has 36 heavy (non-hydrogen) atoms. The number of carbonyl (C=O) groups excluding carboxylic acids is 2. The van der Waals surface area contributed by atoms with E-state index in [4.69, 9.17) is 9.15 Å². The number of nitrogens with zero attached hydrogens (tertiary/aromatic N) is 1. The van der Waals surface area contributed by atoms with Crippen LogP contribution in [-0.4, -0.2) is 42.1 Å². The topological polar surface area (TPSA) is 142 Å². The first-order valence-electron chi connectivity index (χ1n) is 11.8. The van der Waals surface area contributed by atoms with Gasteiger partial charge in [-0.15, -0.1) is 0 Å². The Balaban J connectivity index is 1.38. The van der Waals surface area contributed by atoms with Crippen LogP contribution >= 0.6 is 0 Å². The molecule has 4 N–H and O–H groups in total. The summed E-state index contributed by atoms with van der Waals surface area (Å²) in [6.45, 7) is 1.55. The van der Waals surface area contributed by atoms with E-state index in [2.05, 4.69) is 20.9 Å². The number of amides is 2. The van der Waals surface area contributed by atoms with E-state index in [0.29, 0.717) is 30.3 Å². The lowest BCUT2D eigenvalue weighted by Crippen LogP contribution is -2.43. The molecule has 1 aromatic heterocycles. The SMILES string of the molecule is O=C(O)CC(NC(=O)OCc1ccccc1)c1cc2cc(CCC(=O)NC3=NCCCN3)ccc2o1. The van der Waals surface area contributed by atoms with E-state index in [0.717, 1.165) is 29.5 Å². The van der Waals surface area contributed by atoms with Crippen LogP contribution in [0.15, 0.2) is 64.0 Å². The summed E-state index contributed by atoms with van der Waals surface area (Å²) in [4.78, 5) is 40.2. The van der Waals surface area contributed by atoms with E-state index in [-0.39, 0.29) is 25.4 Å². The van der Waals surface area contributed by atoms with Gasteiger partial charge in [-0.1, -0.05) is 36.4 Å². The fourth-order valence-corrected chi connectivity index (χ4v) is 3.81. The molecule has 0 bridgehead atoms. The third kappa shape index (κ3) is 7.08. The summed E-state index contributed by atoms with van der Waals surface area (Å²) >= 11 is 0. The minimum atomic E-state index is -1.09. The molecule has 0 saturated heterocycles. The van der Waals surface area contributed by atoms with Crippen molar-refractivity contribution in [1.29, 1.82) is 0 Å². The van der Waals surface area contributed by atoms with Crippen molar-refractivity contribution >= 4 is 34.9 Å². The number of rotatable bonds is 9. The van der Waals surface area contributed by atoms with Crippen molar-refractivity contribution in [1.82, 2.24) is 16.0 Å². The zero-order valence-corrected chi connectivity index (χ0v) is 19.7. The third-order valence-electron chi connectivity index (χ3n) is 5.62. The standard InChI is InChI=1S/C26H28N4O6/c31-23(30-25-27-11-4-12-28-25)10-8-17-7-9-21-19(13-17)14-22(36-21)20(15-24(32)33)29-26(34)35-16-18-5-2-1-3-6-18/h1-3,5-7,9,13-14,20H,4,8,10-12,15-16H2,(H,29,34)(H,32,33)(H2,27,28,30,31). The molecule has 1 aliphatic rings. The number of benzene rings is 2. The van der Waals surface area contributed by atoms with E-state index in [1.165, 1.54) is 0 Å². The minimum Gasteiger partial charge on any atom is -0.481 e. The molecule has 10 heteroatoms. The number of carboxylic acids is 1. The highest BCUT2D eigenvalue weighted by atomic mass is 16.5. The maximum absolute atomic E-state index is 12.3. The molecule has 188 valence electrons. The maximum Gasteiger partial charge on any atom is 0.408 e. The molecular formula is C26H28N4O6. The van der Waals surface area contributed by atoms with Crippen molar-refractivity contribution < 1.29 is 28.6 Å². The molecule has 2 heterocycles.